The maximum Gasteiger partial charge on any atom is 0.235 e. The summed E-state index contributed by atoms with van der Waals surface area (Å²) in [4.78, 5) is 14.8. The summed E-state index contributed by atoms with van der Waals surface area (Å²) in [6, 6.07) is 3.77. The van der Waals surface area contributed by atoms with Gasteiger partial charge in [-0.3, -0.25) is 4.79 Å². The molecule has 1 fully saturated rings. The predicted octanol–water partition coefficient (Wildman–Crippen LogP) is 2.90. The van der Waals surface area contributed by atoms with Crippen LogP contribution >= 0.6 is 11.8 Å². The van der Waals surface area contributed by atoms with Gasteiger partial charge >= 0.3 is 0 Å². The number of carbonyl (C=O) groups excluding carboxylic acids is 1. The summed E-state index contributed by atoms with van der Waals surface area (Å²) < 4.78 is 7.28. The molecule has 2 aromatic heterocycles. The Hall–Kier alpha value is -1.76. The Bertz CT molecular complexity index is 660. The van der Waals surface area contributed by atoms with E-state index in [0.29, 0.717) is 18.4 Å². The Morgan fingerprint density at radius 3 is 2.83 bits per heavy atom. The second-order valence-corrected chi connectivity index (χ2v) is 8.08. The molecule has 0 aliphatic carbocycles. The van der Waals surface area contributed by atoms with Crippen LogP contribution in [0.25, 0.3) is 0 Å². The quantitative estimate of drug-likeness (QED) is 0.778. The number of aromatic nitrogens is 3. The third kappa shape index (κ3) is 4.01. The summed E-state index contributed by atoms with van der Waals surface area (Å²) in [5.74, 6) is 2.16. The van der Waals surface area contributed by atoms with Gasteiger partial charge < -0.3 is 13.9 Å². The molecule has 1 aliphatic rings. The molecule has 24 heavy (non-hydrogen) atoms. The van der Waals surface area contributed by atoms with Crippen molar-refractivity contribution in [3.05, 3.63) is 30.5 Å². The van der Waals surface area contributed by atoms with Gasteiger partial charge in [-0.1, -0.05) is 25.6 Å². The van der Waals surface area contributed by atoms with Crippen molar-refractivity contribution < 1.29 is 9.21 Å². The molecule has 1 amide bonds. The van der Waals surface area contributed by atoms with Gasteiger partial charge in [-0.05, 0) is 37.3 Å². The van der Waals surface area contributed by atoms with Crippen molar-refractivity contribution in [2.24, 2.45) is 11.8 Å². The van der Waals surface area contributed by atoms with E-state index in [1.807, 2.05) is 28.5 Å². The Morgan fingerprint density at radius 2 is 2.17 bits per heavy atom. The van der Waals surface area contributed by atoms with Crippen LogP contribution in [0.1, 0.15) is 33.0 Å². The molecule has 130 valence electrons. The number of piperidine rings is 1. The first-order valence-electron chi connectivity index (χ1n) is 8.38. The van der Waals surface area contributed by atoms with Gasteiger partial charge in [-0.2, -0.15) is 0 Å². The van der Waals surface area contributed by atoms with Crippen molar-refractivity contribution in [1.82, 2.24) is 19.7 Å². The average Bonchev–Trinajstić information content (AvgIpc) is 3.18. The molecule has 3 atom stereocenters. The Labute approximate surface area is 146 Å². The maximum absolute atomic E-state index is 12.8. The predicted molar refractivity (Wildman–Crippen MR) is 92.7 cm³/mol. The fraction of sp³-hybridized carbons (Fsp3) is 0.588. The van der Waals surface area contributed by atoms with Crippen LogP contribution in [0.5, 0.6) is 0 Å². The third-order valence-corrected chi connectivity index (χ3v) is 5.38. The molecule has 3 heterocycles. The van der Waals surface area contributed by atoms with Gasteiger partial charge in [0.15, 0.2) is 5.16 Å². The summed E-state index contributed by atoms with van der Waals surface area (Å²) in [6.07, 6.45) is 4.52. The molecule has 0 bridgehead atoms. The van der Waals surface area contributed by atoms with Crippen LogP contribution in [0.3, 0.4) is 0 Å². The lowest BCUT2D eigenvalue weighted by Crippen LogP contribution is -2.45. The summed E-state index contributed by atoms with van der Waals surface area (Å²) in [7, 11) is 0. The van der Waals surface area contributed by atoms with Crippen LogP contribution in [-0.4, -0.2) is 43.9 Å². The van der Waals surface area contributed by atoms with E-state index in [1.165, 1.54) is 18.2 Å². The molecule has 0 spiro atoms. The van der Waals surface area contributed by atoms with E-state index in [9.17, 15) is 4.79 Å². The van der Waals surface area contributed by atoms with E-state index in [1.54, 1.807) is 12.6 Å². The van der Waals surface area contributed by atoms with Crippen LogP contribution in [0.2, 0.25) is 0 Å². The molecule has 1 aliphatic heterocycles. The highest BCUT2D eigenvalue weighted by Crippen LogP contribution is 2.27. The van der Waals surface area contributed by atoms with Gasteiger partial charge in [-0.15, -0.1) is 10.2 Å². The molecular formula is C17H24N4O2S. The lowest BCUT2D eigenvalue weighted by Gasteiger charge is -2.36. The normalized spacial score (nSPS) is 22.5. The molecule has 0 radical (unpaired) electrons. The number of thioether (sulfide) groups is 1. The number of amides is 1. The third-order valence-electron chi connectivity index (χ3n) is 4.30. The van der Waals surface area contributed by atoms with Crippen molar-refractivity contribution in [3.8, 4) is 0 Å². The SMILES string of the molecule is C[C@@H]1C[C@@H](C)CN(C(=O)[C@@H](C)Sc2nncn2Cc2ccco2)C1. The molecule has 2 aromatic rings. The van der Waals surface area contributed by atoms with E-state index < -0.39 is 0 Å². The van der Waals surface area contributed by atoms with Crippen LogP contribution in [-0.2, 0) is 11.3 Å². The van der Waals surface area contributed by atoms with E-state index >= 15 is 0 Å². The number of nitrogens with zero attached hydrogens (tertiary/aromatic N) is 4. The van der Waals surface area contributed by atoms with E-state index in [0.717, 1.165) is 24.0 Å². The highest BCUT2D eigenvalue weighted by atomic mass is 32.2. The Kier molecular flexibility index (Phi) is 5.28. The van der Waals surface area contributed by atoms with Gasteiger partial charge in [-0.25, -0.2) is 0 Å². The van der Waals surface area contributed by atoms with Crippen LogP contribution in [0.4, 0.5) is 0 Å². The monoisotopic (exact) mass is 348 g/mol. The molecule has 3 rings (SSSR count). The largest absolute Gasteiger partial charge is 0.467 e. The van der Waals surface area contributed by atoms with Crippen LogP contribution in [0.15, 0.2) is 34.3 Å². The number of rotatable bonds is 5. The minimum atomic E-state index is -0.179. The standard InChI is InChI=1S/C17H24N4O2S/c1-12-7-13(2)9-20(8-12)16(22)14(3)24-17-19-18-11-21(17)10-15-5-4-6-23-15/h4-6,11-14H,7-10H2,1-3H3/t12-,13-,14-/m1/s1. The summed E-state index contributed by atoms with van der Waals surface area (Å²) in [5, 5.41) is 8.70. The number of carbonyl (C=O) groups is 1. The zero-order valence-corrected chi connectivity index (χ0v) is 15.2. The number of furan rings is 1. The number of hydrogen-bond donors (Lipinski definition) is 0. The van der Waals surface area contributed by atoms with E-state index in [2.05, 4.69) is 24.0 Å². The highest BCUT2D eigenvalue weighted by molar-refractivity contribution is 8.00. The molecule has 0 N–H and O–H groups in total. The molecule has 0 aromatic carbocycles. The highest BCUT2D eigenvalue weighted by Gasteiger charge is 2.29. The van der Waals surface area contributed by atoms with Gasteiger partial charge in [0, 0.05) is 13.1 Å². The van der Waals surface area contributed by atoms with Gasteiger partial charge in [0.2, 0.25) is 5.91 Å². The van der Waals surface area contributed by atoms with Crippen molar-refractivity contribution in [2.75, 3.05) is 13.1 Å². The second-order valence-electron chi connectivity index (χ2n) is 6.77. The first-order chi connectivity index (χ1) is 11.5. The first-order valence-corrected chi connectivity index (χ1v) is 9.26. The average molecular weight is 348 g/mol. The summed E-state index contributed by atoms with van der Waals surface area (Å²) in [5.41, 5.74) is 0. The summed E-state index contributed by atoms with van der Waals surface area (Å²) in [6.45, 7) is 8.66. The molecule has 6 nitrogen and oxygen atoms in total. The fourth-order valence-electron chi connectivity index (χ4n) is 3.32. The number of likely N-dealkylation sites (tertiary alicyclic amines) is 1. The molecule has 0 unspecified atom stereocenters. The van der Waals surface area contributed by atoms with Gasteiger partial charge in [0.05, 0.1) is 18.1 Å². The fourth-order valence-corrected chi connectivity index (χ4v) is 4.23. The first kappa shape index (κ1) is 17.1. The van der Waals surface area contributed by atoms with Crippen molar-refractivity contribution in [1.29, 1.82) is 0 Å². The van der Waals surface area contributed by atoms with Crippen molar-refractivity contribution in [3.63, 3.8) is 0 Å². The Morgan fingerprint density at radius 1 is 1.42 bits per heavy atom. The maximum atomic E-state index is 12.8. The molecule has 7 heteroatoms. The molecular weight excluding hydrogens is 324 g/mol. The zero-order valence-electron chi connectivity index (χ0n) is 14.4. The minimum absolute atomic E-state index is 0.179. The second kappa shape index (κ2) is 7.42. The topological polar surface area (TPSA) is 64.2 Å². The lowest BCUT2D eigenvalue weighted by atomic mass is 9.92. The van der Waals surface area contributed by atoms with Crippen molar-refractivity contribution in [2.45, 2.75) is 44.1 Å². The minimum Gasteiger partial charge on any atom is -0.467 e. The van der Waals surface area contributed by atoms with E-state index in [4.69, 9.17) is 4.42 Å². The van der Waals surface area contributed by atoms with Crippen LogP contribution < -0.4 is 0 Å². The number of hydrogen-bond acceptors (Lipinski definition) is 5. The van der Waals surface area contributed by atoms with Crippen molar-refractivity contribution >= 4 is 17.7 Å². The Balaban J connectivity index is 1.63. The molecule has 1 saturated heterocycles. The van der Waals surface area contributed by atoms with E-state index in [-0.39, 0.29) is 11.2 Å². The van der Waals surface area contributed by atoms with Crippen LogP contribution in [0, 0.1) is 11.8 Å². The van der Waals surface area contributed by atoms with Gasteiger partial charge in [0.25, 0.3) is 0 Å². The molecule has 0 saturated carbocycles. The zero-order chi connectivity index (χ0) is 17.1. The smallest absolute Gasteiger partial charge is 0.235 e. The summed E-state index contributed by atoms with van der Waals surface area (Å²) >= 11 is 1.46. The lowest BCUT2D eigenvalue weighted by molar-refractivity contribution is -0.132. The van der Waals surface area contributed by atoms with Gasteiger partial charge in [0.1, 0.15) is 12.1 Å².